The lowest BCUT2D eigenvalue weighted by Gasteiger charge is -2.29. The van der Waals surface area contributed by atoms with Crippen molar-refractivity contribution in [2.75, 3.05) is 18.6 Å². The molecule has 0 radical (unpaired) electrons. The van der Waals surface area contributed by atoms with Gasteiger partial charge in [0.25, 0.3) is 0 Å². The summed E-state index contributed by atoms with van der Waals surface area (Å²) >= 11 is 1.86. The van der Waals surface area contributed by atoms with Gasteiger partial charge in [0.2, 0.25) is 0 Å². The highest BCUT2D eigenvalue weighted by molar-refractivity contribution is 7.98. The zero-order valence-electron chi connectivity index (χ0n) is 12.5. The van der Waals surface area contributed by atoms with Gasteiger partial charge in [0, 0.05) is 18.3 Å². The smallest absolute Gasteiger partial charge is 0.0517 e. The van der Waals surface area contributed by atoms with Gasteiger partial charge in [-0.15, -0.1) is 0 Å². The molecule has 0 aromatic heterocycles. The zero-order valence-corrected chi connectivity index (χ0v) is 13.3. The van der Waals surface area contributed by atoms with E-state index in [4.69, 9.17) is 0 Å². The van der Waals surface area contributed by atoms with Gasteiger partial charge in [-0.3, -0.25) is 0 Å². The topological polar surface area (TPSA) is 32.3 Å². The minimum Gasteiger partial charge on any atom is -0.393 e. The van der Waals surface area contributed by atoms with Crippen molar-refractivity contribution in [2.45, 2.75) is 39.3 Å². The Morgan fingerprint density at radius 2 is 1.89 bits per heavy atom. The second-order valence-corrected chi connectivity index (χ2v) is 6.93. The van der Waals surface area contributed by atoms with Gasteiger partial charge in [0.15, 0.2) is 0 Å². The van der Waals surface area contributed by atoms with Crippen molar-refractivity contribution in [2.24, 2.45) is 5.41 Å². The molecule has 0 aliphatic heterocycles. The van der Waals surface area contributed by atoms with Crippen molar-refractivity contribution >= 4 is 11.8 Å². The molecule has 108 valence electrons. The maximum atomic E-state index is 9.54. The molecule has 0 heterocycles. The van der Waals surface area contributed by atoms with Crippen LogP contribution in [0.15, 0.2) is 30.3 Å². The monoisotopic (exact) mass is 281 g/mol. The highest BCUT2D eigenvalue weighted by Gasteiger charge is 2.22. The van der Waals surface area contributed by atoms with E-state index in [1.807, 2.05) is 18.7 Å². The van der Waals surface area contributed by atoms with Crippen molar-refractivity contribution in [1.29, 1.82) is 0 Å². The number of rotatable bonds is 8. The molecule has 0 amide bonds. The summed E-state index contributed by atoms with van der Waals surface area (Å²) in [5.41, 5.74) is 1.45. The first-order valence-electron chi connectivity index (χ1n) is 6.90. The van der Waals surface area contributed by atoms with E-state index in [0.717, 1.165) is 18.7 Å². The van der Waals surface area contributed by atoms with Crippen molar-refractivity contribution in [3.63, 3.8) is 0 Å². The van der Waals surface area contributed by atoms with Gasteiger partial charge >= 0.3 is 0 Å². The Kier molecular flexibility index (Phi) is 6.90. The summed E-state index contributed by atoms with van der Waals surface area (Å²) in [5, 5.41) is 13.2. The zero-order chi connectivity index (χ0) is 14.3. The first-order chi connectivity index (χ1) is 8.94. The van der Waals surface area contributed by atoms with Gasteiger partial charge in [-0.2, -0.15) is 11.8 Å². The Balaban J connectivity index is 2.60. The third-order valence-corrected chi connectivity index (χ3v) is 3.88. The Bertz CT molecular complexity index is 351. The van der Waals surface area contributed by atoms with E-state index < -0.39 is 0 Å². The molecule has 1 aromatic rings. The van der Waals surface area contributed by atoms with Gasteiger partial charge in [0.1, 0.15) is 0 Å². The Morgan fingerprint density at radius 3 is 2.42 bits per heavy atom. The minimum atomic E-state index is -0.243. The Morgan fingerprint density at radius 1 is 1.26 bits per heavy atom. The fourth-order valence-electron chi connectivity index (χ4n) is 2.40. The quantitative estimate of drug-likeness (QED) is 0.765. The maximum Gasteiger partial charge on any atom is 0.0517 e. The number of hydrogen-bond acceptors (Lipinski definition) is 3. The first-order valence-corrected chi connectivity index (χ1v) is 8.29. The molecule has 2 unspecified atom stereocenters. The second-order valence-electron chi connectivity index (χ2n) is 6.02. The fourth-order valence-corrected chi connectivity index (χ4v) is 3.04. The SMILES string of the molecule is CSCC(NCC(C)(C)CC(C)O)c1ccccc1. The van der Waals surface area contributed by atoms with Crippen molar-refractivity contribution in [3.8, 4) is 0 Å². The van der Waals surface area contributed by atoms with Crippen LogP contribution in [-0.4, -0.2) is 29.8 Å². The molecule has 0 saturated heterocycles. The molecular weight excluding hydrogens is 254 g/mol. The lowest BCUT2D eigenvalue weighted by molar-refractivity contribution is 0.127. The Labute approximate surface area is 122 Å². The lowest BCUT2D eigenvalue weighted by Crippen LogP contribution is -2.35. The molecule has 0 spiro atoms. The molecule has 0 fully saturated rings. The molecular formula is C16H27NOS. The standard InChI is InChI=1S/C16H27NOS/c1-13(18)10-16(2,3)12-17-15(11-19-4)14-8-6-5-7-9-14/h5-9,13,15,17-18H,10-12H2,1-4H3. The molecule has 1 rings (SSSR count). The van der Waals surface area contributed by atoms with Crippen LogP contribution in [0.1, 0.15) is 38.8 Å². The number of benzene rings is 1. The predicted molar refractivity (Wildman–Crippen MR) is 85.6 cm³/mol. The number of nitrogens with one attached hydrogen (secondary N) is 1. The van der Waals surface area contributed by atoms with E-state index in [1.54, 1.807) is 0 Å². The van der Waals surface area contributed by atoms with Crippen molar-refractivity contribution in [1.82, 2.24) is 5.32 Å². The molecule has 3 heteroatoms. The average molecular weight is 281 g/mol. The van der Waals surface area contributed by atoms with Crippen LogP contribution >= 0.6 is 11.8 Å². The summed E-state index contributed by atoms with van der Waals surface area (Å²) in [5.74, 6) is 1.06. The first kappa shape index (κ1) is 16.5. The summed E-state index contributed by atoms with van der Waals surface area (Å²) in [6, 6.07) is 11.0. The molecule has 0 bridgehead atoms. The van der Waals surface area contributed by atoms with Gasteiger partial charge < -0.3 is 10.4 Å². The van der Waals surface area contributed by atoms with Crippen LogP contribution in [0.3, 0.4) is 0 Å². The van der Waals surface area contributed by atoms with Crippen LogP contribution in [0.2, 0.25) is 0 Å². The van der Waals surface area contributed by atoms with Gasteiger partial charge in [-0.05, 0) is 30.6 Å². The van der Waals surface area contributed by atoms with Gasteiger partial charge in [-0.25, -0.2) is 0 Å². The van der Waals surface area contributed by atoms with Gasteiger partial charge in [-0.1, -0.05) is 44.2 Å². The van der Waals surface area contributed by atoms with Crippen LogP contribution in [0.25, 0.3) is 0 Å². The summed E-state index contributed by atoms with van der Waals surface area (Å²) in [6.45, 7) is 7.18. The number of hydrogen-bond donors (Lipinski definition) is 2. The third-order valence-electron chi connectivity index (χ3n) is 3.21. The van der Waals surface area contributed by atoms with Crippen LogP contribution in [-0.2, 0) is 0 Å². The third kappa shape index (κ3) is 6.46. The van der Waals surface area contributed by atoms with Crippen molar-refractivity contribution < 1.29 is 5.11 Å². The number of aliphatic hydroxyl groups is 1. The molecule has 0 saturated carbocycles. The molecule has 0 aliphatic rings. The van der Waals surface area contributed by atoms with E-state index in [2.05, 4.69) is 55.8 Å². The predicted octanol–water partition coefficient (Wildman–Crippen LogP) is 3.48. The van der Waals surface area contributed by atoms with Gasteiger partial charge in [0.05, 0.1) is 6.10 Å². The Hall–Kier alpha value is -0.510. The van der Waals surface area contributed by atoms with Crippen molar-refractivity contribution in [3.05, 3.63) is 35.9 Å². The highest BCUT2D eigenvalue weighted by atomic mass is 32.2. The van der Waals surface area contributed by atoms with E-state index in [1.165, 1.54) is 5.56 Å². The van der Waals surface area contributed by atoms with Crippen LogP contribution in [0.5, 0.6) is 0 Å². The summed E-state index contributed by atoms with van der Waals surface area (Å²) < 4.78 is 0. The molecule has 1 aromatic carbocycles. The maximum absolute atomic E-state index is 9.54. The largest absolute Gasteiger partial charge is 0.393 e. The molecule has 0 aliphatic carbocycles. The molecule has 2 atom stereocenters. The number of aliphatic hydroxyl groups excluding tert-OH is 1. The van der Waals surface area contributed by atoms with E-state index in [0.29, 0.717) is 6.04 Å². The minimum absolute atomic E-state index is 0.111. The molecule has 2 N–H and O–H groups in total. The normalized spacial score (nSPS) is 15.2. The average Bonchev–Trinajstić information content (AvgIpc) is 2.34. The summed E-state index contributed by atoms with van der Waals surface area (Å²) in [4.78, 5) is 0. The fraction of sp³-hybridized carbons (Fsp3) is 0.625. The van der Waals surface area contributed by atoms with Crippen LogP contribution in [0.4, 0.5) is 0 Å². The summed E-state index contributed by atoms with van der Waals surface area (Å²) in [7, 11) is 0. The van der Waals surface area contributed by atoms with E-state index >= 15 is 0 Å². The summed E-state index contributed by atoms with van der Waals surface area (Å²) in [6.07, 6.45) is 2.71. The lowest BCUT2D eigenvalue weighted by atomic mass is 9.86. The van der Waals surface area contributed by atoms with E-state index in [-0.39, 0.29) is 11.5 Å². The second kappa shape index (κ2) is 7.93. The van der Waals surface area contributed by atoms with Crippen LogP contribution in [0, 0.1) is 5.41 Å². The molecule has 19 heavy (non-hydrogen) atoms. The van der Waals surface area contributed by atoms with Crippen LogP contribution < -0.4 is 5.32 Å². The van der Waals surface area contributed by atoms with E-state index in [9.17, 15) is 5.11 Å². The molecule has 2 nitrogen and oxygen atoms in total. The number of thioether (sulfide) groups is 1. The highest BCUT2D eigenvalue weighted by Crippen LogP contribution is 2.24.